The maximum Gasteiger partial charge on any atom is 0.234 e. The van der Waals surface area contributed by atoms with Crippen molar-refractivity contribution < 1.29 is 0 Å². The van der Waals surface area contributed by atoms with E-state index < -0.39 is 0 Å². The van der Waals surface area contributed by atoms with Crippen molar-refractivity contribution in [2.24, 2.45) is 5.73 Å². The van der Waals surface area contributed by atoms with Crippen LogP contribution in [0.15, 0.2) is 18.5 Å². The van der Waals surface area contributed by atoms with Gasteiger partial charge in [0.15, 0.2) is 0 Å². The Balaban J connectivity index is 2.72. The SMILES string of the molecule is CC(C)c1nc2ncccn2c1CN. The van der Waals surface area contributed by atoms with Gasteiger partial charge in [0.1, 0.15) is 0 Å². The largest absolute Gasteiger partial charge is 0.325 e. The maximum absolute atomic E-state index is 5.71. The molecule has 2 rings (SSSR count). The Morgan fingerprint density at radius 2 is 2.29 bits per heavy atom. The fraction of sp³-hybridized carbons (Fsp3) is 0.400. The quantitative estimate of drug-likeness (QED) is 0.776. The minimum Gasteiger partial charge on any atom is -0.325 e. The van der Waals surface area contributed by atoms with E-state index in [1.807, 2.05) is 16.7 Å². The summed E-state index contributed by atoms with van der Waals surface area (Å²) in [5, 5.41) is 0. The number of aromatic nitrogens is 3. The van der Waals surface area contributed by atoms with Crippen molar-refractivity contribution in [2.45, 2.75) is 26.3 Å². The van der Waals surface area contributed by atoms with E-state index in [1.54, 1.807) is 6.20 Å². The fourth-order valence-corrected chi connectivity index (χ4v) is 1.62. The first-order chi connectivity index (χ1) is 6.74. The lowest BCUT2D eigenvalue weighted by molar-refractivity contribution is 0.799. The third kappa shape index (κ3) is 1.28. The normalized spacial score (nSPS) is 11.4. The second kappa shape index (κ2) is 3.38. The van der Waals surface area contributed by atoms with E-state index in [2.05, 4.69) is 23.8 Å². The van der Waals surface area contributed by atoms with Crippen LogP contribution in [0.3, 0.4) is 0 Å². The molecule has 0 aliphatic heterocycles. The number of hydrogen-bond acceptors (Lipinski definition) is 3. The van der Waals surface area contributed by atoms with Crippen molar-refractivity contribution in [1.82, 2.24) is 14.4 Å². The average molecular weight is 190 g/mol. The Labute approximate surface area is 82.8 Å². The first-order valence-electron chi connectivity index (χ1n) is 4.76. The van der Waals surface area contributed by atoms with Crippen molar-refractivity contribution in [2.75, 3.05) is 0 Å². The van der Waals surface area contributed by atoms with Crippen LogP contribution in [0.25, 0.3) is 5.78 Å². The van der Waals surface area contributed by atoms with Crippen molar-refractivity contribution in [3.8, 4) is 0 Å². The van der Waals surface area contributed by atoms with Gasteiger partial charge in [-0.2, -0.15) is 0 Å². The topological polar surface area (TPSA) is 56.2 Å². The van der Waals surface area contributed by atoms with Gasteiger partial charge in [-0.3, -0.25) is 4.40 Å². The molecule has 0 aromatic carbocycles. The van der Waals surface area contributed by atoms with Gasteiger partial charge in [0, 0.05) is 18.9 Å². The lowest BCUT2D eigenvalue weighted by atomic mass is 10.1. The van der Waals surface area contributed by atoms with E-state index in [-0.39, 0.29) is 0 Å². The Bertz CT molecular complexity index is 444. The molecule has 0 aliphatic carbocycles. The van der Waals surface area contributed by atoms with Crippen LogP contribution in [-0.4, -0.2) is 14.4 Å². The smallest absolute Gasteiger partial charge is 0.234 e. The molecule has 2 heterocycles. The fourth-order valence-electron chi connectivity index (χ4n) is 1.62. The zero-order valence-corrected chi connectivity index (χ0v) is 8.44. The average Bonchev–Trinajstić information content (AvgIpc) is 2.56. The number of fused-ring (bicyclic) bond motifs is 1. The molecule has 2 N–H and O–H groups in total. The van der Waals surface area contributed by atoms with Gasteiger partial charge in [-0.15, -0.1) is 0 Å². The Kier molecular flexibility index (Phi) is 2.21. The van der Waals surface area contributed by atoms with Gasteiger partial charge in [-0.05, 0) is 12.0 Å². The number of rotatable bonds is 2. The van der Waals surface area contributed by atoms with Crippen molar-refractivity contribution in [3.63, 3.8) is 0 Å². The molecule has 0 fully saturated rings. The highest BCUT2D eigenvalue weighted by Gasteiger charge is 2.13. The molecule has 2 aromatic rings. The lowest BCUT2D eigenvalue weighted by Gasteiger charge is -2.03. The lowest BCUT2D eigenvalue weighted by Crippen LogP contribution is -2.05. The highest BCUT2D eigenvalue weighted by Crippen LogP contribution is 2.18. The minimum absolute atomic E-state index is 0.384. The van der Waals surface area contributed by atoms with Crippen LogP contribution in [0.5, 0.6) is 0 Å². The second-order valence-electron chi connectivity index (χ2n) is 3.59. The van der Waals surface area contributed by atoms with Crippen molar-refractivity contribution >= 4 is 5.78 Å². The highest BCUT2D eigenvalue weighted by molar-refractivity contribution is 5.36. The first-order valence-corrected chi connectivity index (χ1v) is 4.76. The van der Waals surface area contributed by atoms with Gasteiger partial charge in [-0.25, -0.2) is 9.97 Å². The summed E-state index contributed by atoms with van der Waals surface area (Å²) in [6.07, 6.45) is 3.69. The molecule has 0 saturated heterocycles. The van der Waals surface area contributed by atoms with Crippen LogP contribution in [0.1, 0.15) is 31.2 Å². The highest BCUT2D eigenvalue weighted by atomic mass is 15.1. The maximum atomic E-state index is 5.71. The zero-order valence-electron chi connectivity index (χ0n) is 8.44. The standard InChI is InChI=1S/C10H14N4/c1-7(2)9-8(6-11)14-5-3-4-12-10(14)13-9/h3-5,7H,6,11H2,1-2H3. The monoisotopic (exact) mass is 190 g/mol. The summed E-state index contributed by atoms with van der Waals surface area (Å²) < 4.78 is 1.95. The Hall–Kier alpha value is -1.42. The number of hydrogen-bond donors (Lipinski definition) is 1. The summed E-state index contributed by atoms with van der Waals surface area (Å²) in [4.78, 5) is 8.64. The molecular weight excluding hydrogens is 176 g/mol. The van der Waals surface area contributed by atoms with E-state index in [9.17, 15) is 0 Å². The minimum atomic E-state index is 0.384. The summed E-state index contributed by atoms with van der Waals surface area (Å²) in [6.45, 7) is 4.72. The van der Waals surface area contributed by atoms with E-state index in [1.165, 1.54) is 0 Å². The van der Waals surface area contributed by atoms with Crippen molar-refractivity contribution in [3.05, 3.63) is 29.8 Å². The second-order valence-corrected chi connectivity index (χ2v) is 3.59. The molecule has 14 heavy (non-hydrogen) atoms. The number of nitrogens with two attached hydrogens (primary N) is 1. The molecule has 0 radical (unpaired) electrons. The summed E-state index contributed by atoms with van der Waals surface area (Å²) in [5.74, 6) is 1.12. The molecule has 4 nitrogen and oxygen atoms in total. The number of nitrogens with zero attached hydrogens (tertiary/aromatic N) is 3. The van der Waals surface area contributed by atoms with E-state index in [4.69, 9.17) is 5.73 Å². The molecular formula is C10H14N4. The predicted octanol–water partition coefficient (Wildman–Crippen LogP) is 1.31. The van der Waals surface area contributed by atoms with E-state index in [0.717, 1.165) is 17.2 Å². The van der Waals surface area contributed by atoms with Gasteiger partial charge in [-0.1, -0.05) is 13.8 Å². The molecule has 74 valence electrons. The molecule has 0 saturated carbocycles. The van der Waals surface area contributed by atoms with E-state index in [0.29, 0.717) is 12.5 Å². The molecule has 0 unspecified atom stereocenters. The zero-order chi connectivity index (χ0) is 10.1. The third-order valence-electron chi connectivity index (χ3n) is 2.27. The van der Waals surface area contributed by atoms with Gasteiger partial charge in [0.25, 0.3) is 0 Å². The summed E-state index contributed by atoms with van der Waals surface area (Å²) in [7, 11) is 0. The van der Waals surface area contributed by atoms with E-state index >= 15 is 0 Å². The molecule has 4 heteroatoms. The summed E-state index contributed by atoms with van der Waals surface area (Å²) in [6, 6.07) is 1.89. The van der Waals surface area contributed by atoms with Crippen LogP contribution < -0.4 is 5.73 Å². The predicted molar refractivity (Wildman–Crippen MR) is 55.0 cm³/mol. The summed E-state index contributed by atoms with van der Waals surface area (Å²) >= 11 is 0. The van der Waals surface area contributed by atoms with Crippen LogP contribution in [-0.2, 0) is 6.54 Å². The van der Waals surface area contributed by atoms with Gasteiger partial charge < -0.3 is 5.73 Å². The third-order valence-corrected chi connectivity index (χ3v) is 2.27. The van der Waals surface area contributed by atoms with Crippen LogP contribution >= 0.6 is 0 Å². The van der Waals surface area contributed by atoms with Crippen LogP contribution in [0.2, 0.25) is 0 Å². The van der Waals surface area contributed by atoms with Gasteiger partial charge >= 0.3 is 0 Å². The molecule has 0 amide bonds. The molecule has 0 spiro atoms. The molecule has 0 aliphatic rings. The van der Waals surface area contributed by atoms with Gasteiger partial charge in [0.2, 0.25) is 5.78 Å². The van der Waals surface area contributed by atoms with Crippen LogP contribution in [0.4, 0.5) is 0 Å². The summed E-state index contributed by atoms with van der Waals surface area (Å²) in [5.41, 5.74) is 7.82. The molecule has 0 atom stereocenters. The van der Waals surface area contributed by atoms with Crippen molar-refractivity contribution in [1.29, 1.82) is 0 Å². The van der Waals surface area contributed by atoms with Gasteiger partial charge in [0.05, 0.1) is 11.4 Å². The first kappa shape index (κ1) is 9.15. The number of imidazole rings is 1. The Morgan fingerprint density at radius 1 is 1.50 bits per heavy atom. The van der Waals surface area contributed by atoms with Crippen LogP contribution in [0, 0.1) is 0 Å². The molecule has 2 aromatic heterocycles. The molecule has 0 bridgehead atoms. The Morgan fingerprint density at radius 3 is 2.93 bits per heavy atom.